The zero-order chi connectivity index (χ0) is 18.5. The summed E-state index contributed by atoms with van der Waals surface area (Å²) < 4.78 is 0. The number of rotatable bonds is 5. The Labute approximate surface area is 159 Å². The summed E-state index contributed by atoms with van der Waals surface area (Å²) in [5.74, 6) is 1.87. The molecule has 2 heterocycles. The number of benzene rings is 1. The van der Waals surface area contributed by atoms with Crippen molar-refractivity contribution in [3.63, 3.8) is 0 Å². The summed E-state index contributed by atoms with van der Waals surface area (Å²) in [4.78, 5) is 23.6. The molecular weight excluding hydrogens is 344 g/mol. The van der Waals surface area contributed by atoms with Gasteiger partial charge in [0.2, 0.25) is 5.91 Å². The molecule has 1 saturated heterocycles. The van der Waals surface area contributed by atoms with Crippen molar-refractivity contribution in [1.29, 1.82) is 0 Å². The Hall–Kier alpha value is -2.08. The van der Waals surface area contributed by atoms with Gasteiger partial charge >= 0.3 is 0 Å². The van der Waals surface area contributed by atoms with Crippen LogP contribution in [0.5, 0.6) is 0 Å². The van der Waals surface area contributed by atoms with E-state index in [1.165, 1.54) is 24.6 Å². The fourth-order valence-corrected chi connectivity index (χ4v) is 4.18. The first kappa shape index (κ1) is 18.7. The molecule has 2 aromatic rings. The molecular formula is C20H26N4OS. The highest BCUT2D eigenvalue weighted by Crippen LogP contribution is 2.29. The Kier molecular flexibility index (Phi) is 6.14. The summed E-state index contributed by atoms with van der Waals surface area (Å²) in [5, 5.41) is 3.81. The second kappa shape index (κ2) is 8.54. The van der Waals surface area contributed by atoms with Crippen LogP contribution in [0.4, 0.5) is 11.5 Å². The third-order valence-corrected chi connectivity index (χ3v) is 5.42. The molecule has 6 heteroatoms. The van der Waals surface area contributed by atoms with Gasteiger partial charge in [0.05, 0.1) is 5.75 Å². The molecule has 138 valence electrons. The normalized spacial score (nSPS) is 17.2. The number of aromatic nitrogens is 2. The Bertz CT molecular complexity index is 760. The standard InChI is InChI=1S/C20H26N4OS/c1-14-5-4-8-24(12-14)19-20(22-7-6-21-19)26-13-18(25)23-17-10-15(2)9-16(3)11-17/h6-7,9-11,14H,4-5,8,12-13H2,1-3H3,(H,23,25). The van der Waals surface area contributed by atoms with Crippen molar-refractivity contribution in [3.8, 4) is 0 Å². The summed E-state index contributed by atoms with van der Waals surface area (Å²) in [6.07, 6.45) is 5.86. The quantitative estimate of drug-likeness (QED) is 0.804. The number of hydrogen-bond acceptors (Lipinski definition) is 5. The first-order valence-corrected chi connectivity index (χ1v) is 10.1. The van der Waals surface area contributed by atoms with Gasteiger partial charge in [-0.1, -0.05) is 24.8 Å². The summed E-state index contributed by atoms with van der Waals surface area (Å²) in [5.41, 5.74) is 3.13. The topological polar surface area (TPSA) is 58.1 Å². The maximum absolute atomic E-state index is 12.4. The fraction of sp³-hybridized carbons (Fsp3) is 0.450. The van der Waals surface area contributed by atoms with Crippen LogP contribution in [0, 0.1) is 19.8 Å². The molecule has 0 spiro atoms. The number of hydrogen-bond donors (Lipinski definition) is 1. The number of nitrogens with one attached hydrogen (secondary N) is 1. The maximum Gasteiger partial charge on any atom is 0.234 e. The summed E-state index contributed by atoms with van der Waals surface area (Å²) in [6, 6.07) is 6.06. The molecule has 1 atom stereocenters. The molecule has 0 bridgehead atoms. The number of carbonyl (C=O) groups excluding carboxylic acids is 1. The van der Waals surface area contributed by atoms with E-state index in [9.17, 15) is 4.79 Å². The average Bonchev–Trinajstić information content (AvgIpc) is 2.59. The summed E-state index contributed by atoms with van der Waals surface area (Å²) in [6.45, 7) is 8.34. The van der Waals surface area contributed by atoms with Crippen LogP contribution in [0.25, 0.3) is 0 Å². The molecule has 0 aliphatic carbocycles. The minimum absolute atomic E-state index is 0.0244. The van der Waals surface area contributed by atoms with Crippen molar-refractivity contribution in [1.82, 2.24) is 9.97 Å². The first-order valence-electron chi connectivity index (χ1n) is 9.08. The van der Waals surface area contributed by atoms with Crippen molar-refractivity contribution in [2.45, 2.75) is 38.6 Å². The van der Waals surface area contributed by atoms with E-state index in [1.807, 2.05) is 26.0 Å². The lowest BCUT2D eigenvalue weighted by atomic mass is 10.0. The minimum Gasteiger partial charge on any atom is -0.354 e. The lowest BCUT2D eigenvalue weighted by Crippen LogP contribution is -2.35. The number of piperidine rings is 1. The molecule has 1 N–H and O–H groups in total. The van der Waals surface area contributed by atoms with Gasteiger partial charge in [-0.25, -0.2) is 9.97 Å². The molecule has 1 aromatic carbocycles. The number of nitrogens with zero attached hydrogens (tertiary/aromatic N) is 3. The van der Waals surface area contributed by atoms with Crippen LogP contribution >= 0.6 is 11.8 Å². The van der Waals surface area contributed by atoms with Gasteiger partial charge in [-0.3, -0.25) is 4.79 Å². The Morgan fingerprint density at radius 2 is 1.96 bits per heavy atom. The van der Waals surface area contributed by atoms with Crippen molar-refractivity contribution in [3.05, 3.63) is 41.7 Å². The highest BCUT2D eigenvalue weighted by Gasteiger charge is 2.21. The second-order valence-electron chi connectivity index (χ2n) is 7.09. The second-order valence-corrected chi connectivity index (χ2v) is 8.06. The number of anilines is 2. The van der Waals surface area contributed by atoms with Gasteiger partial charge in [0, 0.05) is 31.2 Å². The fourth-order valence-electron chi connectivity index (χ4n) is 3.40. The van der Waals surface area contributed by atoms with Crippen LogP contribution in [0.1, 0.15) is 30.9 Å². The lowest BCUT2D eigenvalue weighted by Gasteiger charge is -2.32. The van der Waals surface area contributed by atoms with Crippen LogP contribution in [-0.2, 0) is 4.79 Å². The van der Waals surface area contributed by atoms with Crippen LogP contribution in [-0.4, -0.2) is 34.7 Å². The largest absolute Gasteiger partial charge is 0.354 e. The van der Waals surface area contributed by atoms with E-state index in [0.717, 1.165) is 40.7 Å². The highest BCUT2D eigenvalue weighted by molar-refractivity contribution is 8.00. The molecule has 0 saturated carbocycles. The molecule has 1 unspecified atom stereocenters. The van der Waals surface area contributed by atoms with Crippen molar-refractivity contribution in [2.24, 2.45) is 5.92 Å². The SMILES string of the molecule is Cc1cc(C)cc(NC(=O)CSc2nccnc2N2CCCC(C)C2)c1. The van der Waals surface area contributed by atoms with Crippen molar-refractivity contribution >= 4 is 29.2 Å². The van der Waals surface area contributed by atoms with Gasteiger partial charge in [0.1, 0.15) is 5.03 Å². The number of amides is 1. The van der Waals surface area contributed by atoms with Crippen molar-refractivity contribution < 1.29 is 4.79 Å². The third kappa shape index (κ3) is 4.97. The van der Waals surface area contributed by atoms with Gasteiger partial charge < -0.3 is 10.2 Å². The molecule has 1 amide bonds. The molecule has 1 aromatic heterocycles. The van der Waals surface area contributed by atoms with Crippen molar-refractivity contribution in [2.75, 3.05) is 29.1 Å². The zero-order valence-electron chi connectivity index (χ0n) is 15.7. The molecule has 1 aliphatic rings. The smallest absolute Gasteiger partial charge is 0.234 e. The highest BCUT2D eigenvalue weighted by atomic mass is 32.2. The van der Waals surface area contributed by atoms with Gasteiger partial charge in [-0.05, 0) is 55.9 Å². The maximum atomic E-state index is 12.4. The van der Waals surface area contributed by atoms with E-state index < -0.39 is 0 Å². The zero-order valence-corrected chi connectivity index (χ0v) is 16.5. The Balaban J connectivity index is 1.63. The van der Waals surface area contributed by atoms with E-state index in [2.05, 4.69) is 33.2 Å². The number of aryl methyl sites for hydroxylation is 2. The third-order valence-electron chi connectivity index (χ3n) is 4.45. The molecule has 1 aliphatic heterocycles. The lowest BCUT2D eigenvalue weighted by molar-refractivity contribution is -0.113. The van der Waals surface area contributed by atoms with Gasteiger partial charge in [-0.15, -0.1) is 0 Å². The predicted molar refractivity (Wildman–Crippen MR) is 108 cm³/mol. The van der Waals surface area contributed by atoms with E-state index in [1.54, 1.807) is 12.4 Å². The molecule has 1 fully saturated rings. The Morgan fingerprint density at radius 1 is 1.23 bits per heavy atom. The monoisotopic (exact) mass is 370 g/mol. The van der Waals surface area contributed by atoms with Gasteiger partial charge in [0.25, 0.3) is 0 Å². The summed E-state index contributed by atoms with van der Waals surface area (Å²) in [7, 11) is 0. The molecule has 3 rings (SSSR count). The molecule has 26 heavy (non-hydrogen) atoms. The summed E-state index contributed by atoms with van der Waals surface area (Å²) >= 11 is 1.45. The number of carbonyl (C=O) groups is 1. The Morgan fingerprint density at radius 3 is 2.69 bits per heavy atom. The first-order chi connectivity index (χ1) is 12.5. The minimum atomic E-state index is -0.0244. The number of thioether (sulfide) groups is 1. The van der Waals surface area contributed by atoms with Crippen LogP contribution in [0.2, 0.25) is 0 Å². The van der Waals surface area contributed by atoms with Gasteiger partial charge in [0.15, 0.2) is 5.82 Å². The van der Waals surface area contributed by atoms with Crippen LogP contribution in [0.15, 0.2) is 35.6 Å². The van der Waals surface area contributed by atoms with E-state index in [-0.39, 0.29) is 5.91 Å². The molecule has 0 radical (unpaired) electrons. The molecule has 5 nitrogen and oxygen atoms in total. The van der Waals surface area contributed by atoms with E-state index in [0.29, 0.717) is 11.7 Å². The van der Waals surface area contributed by atoms with Crippen LogP contribution < -0.4 is 10.2 Å². The van der Waals surface area contributed by atoms with Gasteiger partial charge in [-0.2, -0.15) is 0 Å². The predicted octanol–water partition coefficient (Wildman–Crippen LogP) is 4.06. The average molecular weight is 371 g/mol. The van der Waals surface area contributed by atoms with E-state index in [4.69, 9.17) is 0 Å². The van der Waals surface area contributed by atoms with E-state index >= 15 is 0 Å². The van der Waals surface area contributed by atoms with Crippen LogP contribution in [0.3, 0.4) is 0 Å².